The van der Waals surface area contributed by atoms with Gasteiger partial charge in [0.1, 0.15) is 11.9 Å². The standard InChI is InChI=1S/C19H12FN5/c20-16-10-9-15(11-14(16)12-21)22-19-23-18-8-4-7-17(25(18)24-19)13-5-2-1-3-6-13/h1-11H,(H,22,24). The molecule has 0 radical (unpaired) electrons. The van der Waals surface area contributed by atoms with Gasteiger partial charge in [-0.1, -0.05) is 36.4 Å². The zero-order chi connectivity index (χ0) is 17.2. The summed E-state index contributed by atoms with van der Waals surface area (Å²) in [5.74, 6) is -0.179. The number of halogens is 1. The first-order valence-electron chi connectivity index (χ1n) is 7.62. The third-order valence-corrected chi connectivity index (χ3v) is 3.77. The summed E-state index contributed by atoms with van der Waals surface area (Å²) in [5.41, 5.74) is 3.15. The highest BCUT2D eigenvalue weighted by atomic mass is 19.1. The van der Waals surface area contributed by atoms with Crippen molar-refractivity contribution in [2.45, 2.75) is 0 Å². The SMILES string of the molecule is N#Cc1cc(Nc2nc3cccc(-c4ccccc4)n3n2)ccc1F. The van der Waals surface area contributed by atoms with Crippen LogP contribution in [0.15, 0.2) is 66.7 Å². The molecular weight excluding hydrogens is 317 g/mol. The van der Waals surface area contributed by atoms with Gasteiger partial charge in [0.15, 0.2) is 5.65 Å². The normalized spacial score (nSPS) is 10.6. The van der Waals surface area contributed by atoms with Gasteiger partial charge in [-0.25, -0.2) is 8.91 Å². The number of nitrogens with one attached hydrogen (secondary N) is 1. The second kappa shape index (κ2) is 6.06. The number of aromatic nitrogens is 3. The maximum absolute atomic E-state index is 13.4. The molecule has 0 amide bonds. The van der Waals surface area contributed by atoms with Crippen molar-refractivity contribution < 1.29 is 4.39 Å². The van der Waals surface area contributed by atoms with Crippen LogP contribution in [0.2, 0.25) is 0 Å². The molecular formula is C19H12FN5. The lowest BCUT2D eigenvalue weighted by molar-refractivity contribution is 0.624. The van der Waals surface area contributed by atoms with Crippen LogP contribution in [0.1, 0.15) is 5.56 Å². The Morgan fingerprint density at radius 3 is 2.64 bits per heavy atom. The Morgan fingerprint density at radius 2 is 1.84 bits per heavy atom. The maximum Gasteiger partial charge on any atom is 0.247 e. The van der Waals surface area contributed by atoms with E-state index in [0.29, 0.717) is 17.3 Å². The molecule has 0 bridgehead atoms. The first-order chi connectivity index (χ1) is 12.2. The molecule has 1 N–H and O–H groups in total. The smallest absolute Gasteiger partial charge is 0.247 e. The fraction of sp³-hybridized carbons (Fsp3) is 0. The van der Waals surface area contributed by atoms with Gasteiger partial charge >= 0.3 is 0 Å². The summed E-state index contributed by atoms with van der Waals surface area (Å²) in [5, 5.41) is 16.4. The number of pyridine rings is 1. The van der Waals surface area contributed by atoms with Gasteiger partial charge in [-0.15, -0.1) is 5.10 Å². The molecule has 0 atom stereocenters. The molecule has 2 aromatic carbocycles. The van der Waals surface area contributed by atoms with Crippen molar-refractivity contribution in [3.63, 3.8) is 0 Å². The molecule has 0 saturated heterocycles. The number of rotatable bonds is 3. The summed E-state index contributed by atoms with van der Waals surface area (Å²) >= 11 is 0. The Morgan fingerprint density at radius 1 is 1.00 bits per heavy atom. The van der Waals surface area contributed by atoms with Crippen LogP contribution in [-0.4, -0.2) is 14.6 Å². The molecule has 4 aromatic rings. The summed E-state index contributed by atoms with van der Waals surface area (Å²) in [6.45, 7) is 0. The van der Waals surface area contributed by atoms with E-state index < -0.39 is 5.82 Å². The number of fused-ring (bicyclic) bond motifs is 1. The van der Waals surface area contributed by atoms with Crippen LogP contribution in [0, 0.1) is 17.1 Å². The third-order valence-electron chi connectivity index (χ3n) is 3.77. The van der Waals surface area contributed by atoms with Crippen molar-refractivity contribution in [3.8, 4) is 17.3 Å². The predicted molar refractivity (Wildman–Crippen MR) is 92.8 cm³/mol. The van der Waals surface area contributed by atoms with Gasteiger partial charge in [0.25, 0.3) is 0 Å². The highest BCUT2D eigenvalue weighted by Crippen LogP contribution is 2.22. The Balaban J connectivity index is 1.74. The zero-order valence-corrected chi connectivity index (χ0v) is 13.0. The van der Waals surface area contributed by atoms with E-state index >= 15 is 0 Å². The Bertz CT molecular complexity index is 1100. The topological polar surface area (TPSA) is 66.0 Å². The number of benzene rings is 2. The quantitative estimate of drug-likeness (QED) is 0.613. The molecule has 120 valence electrons. The van der Waals surface area contributed by atoms with Gasteiger partial charge in [0.05, 0.1) is 11.3 Å². The second-order valence-electron chi connectivity index (χ2n) is 5.41. The van der Waals surface area contributed by atoms with Crippen molar-refractivity contribution in [3.05, 3.63) is 78.1 Å². The summed E-state index contributed by atoms with van der Waals surface area (Å²) < 4.78 is 15.2. The van der Waals surface area contributed by atoms with E-state index in [1.54, 1.807) is 10.6 Å². The number of nitriles is 1. The largest absolute Gasteiger partial charge is 0.323 e. The lowest BCUT2D eigenvalue weighted by Gasteiger charge is -2.03. The lowest BCUT2D eigenvalue weighted by atomic mass is 10.1. The van der Waals surface area contributed by atoms with Crippen LogP contribution in [0.5, 0.6) is 0 Å². The van der Waals surface area contributed by atoms with Gasteiger partial charge in [-0.2, -0.15) is 10.2 Å². The first kappa shape index (κ1) is 14.8. The Hall–Kier alpha value is -3.72. The fourth-order valence-electron chi connectivity index (χ4n) is 2.60. The van der Waals surface area contributed by atoms with E-state index in [4.69, 9.17) is 5.26 Å². The number of hydrogen-bond donors (Lipinski definition) is 1. The van der Waals surface area contributed by atoms with Crippen LogP contribution >= 0.6 is 0 Å². The van der Waals surface area contributed by atoms with Gasteiger partial charge in [0.2, 0.25) is 5.95 Å². The van der Waals surface area contributed by atoms with Crippen LogP contribution in [-0.2, 0) is 0 Å². The minimum Gasteiger partial charge on any atom is -0.323 e. The highest BCUT2D eigenvalue weighted by Gasteiger charge is 2.10. The maximum atomic E-state index is 13.4. The monoisotopic (exact) mass is 329 g/mol. The van der Waals surface area contributed by atoms with E-state index in [0.717, 1.165) is 11.3 Å². The lowest BCUT2D eigenvalue weighted by Crippen LogP contribution is -1.96. The third kappa shape index (κ3) is 2.79. The second-order valence-corrected chi connectivity index (χ2v) is 5.41. The summed E-state index contributed by atoms with van der Waals surface area (Å²) in [6, 6.07) is 21.7. The molecule has 0 fully saturated rings. The number of anilines is 2. The fourth-order valence-corrected chi connectivity index (χ4v) is 2.60. The molecule has 0 saturated carbocycles. The van der Waals surface area contributed by atoms with Crippen LogP contribution < -0.4 is 5.32 Å². The minimum absolute atomic E-state index is 0.0289. The zero-order valence-electron chi connectivity index (χ0n) is 13.0. The summed E-state index contributed by atoms with van der Waals surface area (Å²) in [4.78, 5) is 4.44. The van der Waals surface area contributed by atoms with Crippen molar-refractivity contribution in [1.82, 2.24) is 14.6 Å². The summed E-state index contributed by atoms with van der Waals surface area (Å²) in [6.07, 6.45) is 0. The molecule has 0 spiro atoms. The van der Waals surface area contributed by atoms with Crippen molar-refractivity contribution in [1.29, 1.82) is 5.26 Å². The van der Waals surface area contributed by atoms with Crippen LogP contribution in [0.25, 0.3) is 16.9 Å². The molecule has 2 heterocycles. The van der Waals surface area contributed by atoms with Crippen molar-refractivity contribution in [2.24, 2.45) is 0 Å². The van der Waals surface area contributed by atoms with Crippen LogP contribution in [0.4, 0.5) is 16.0 Å². The van der Waals surface area contributed by atoms with E-state index in [-0.39, 0.29) is 5.56 Å². The average Bonchev–Trinajstić information content (AvgIpc) is 3.06. The molecule has 25 heavy (non-hydrogen) atoms. The number of nitrogens with zero attached hydrogens (tertiary/aromatic N) is 4. The molecule has 5 nitrogen and oxygen atoms in total. The van der Waals surface area contributed by atoms with E-state index in [9.17, 15) is 4.39 Å². The van der Waals surface area contributed by atoms with Gasteiger partial charge in [0, 0.05) is 11.3 Å². The highest BCUT2D eigenvalue weighted by molar-refractivity contribution is 5.65. The predicted octanol–water partition coefficient (Wildman–Crippen LogP) is 4.15. The minimum atomic E-state index is -0.553. The van der Waals surface area contributed by atoms with E-state index in [1.165, 1.54) is 12.1 Å². The van der Waals surface area contributed by atoms with E-state index in [1.807, 2.05) is 54.6 Å². The summed E-state index contributed by atoms with van der Waals surface area (Å²) in [7, 11) is 0. The number of hydrogen-bond acceptors (Lipinski definition) is 4. The molecule has 0 aliphatic rings. The molecule has 4 rings (SSSR count). The molecule has 0 aliphatic heterocycles. The molecule has 0 unspecified atom stereocenters. The average molecular weight is 329 g/mol. The molecule has 0 aliphatic carbocycles. The molecule has 2 aromatic heterocycles. The van der Waals surface area contributed by atoms with Crippen LogP contribution in [0.3, 0.4) is 0 Å². The van der Waals surface area contributed by atoms with E-state index in [2.05, 4.69) is 15.4 Å². The van der Waals surface area contributed by atoms with Crippen molar-refractivity contribution in [2.75, 3.05) is 5.32 Å². The van der Waals surface area contributed by atoms with Gasteiger partial charge < -0.3 is 5.32 Å². The van der Waals surface area contributed by atoms with Gasteiger partial charge in [-0.3, -0.25) is 0 Å². The van der Waals surface area contributed by atoms with Gasteiger partial charge in [-0.05, 0) is 30.3 Å². The Kier molecular flexibility index (Phi) is 3.60. The molecule has 6 heteroatoms. The Labute approximate surface area is 143 Å². The van der Waals surface area contributed by atoms with Crippen molar-refractivity contribution >= 4 is 17.3 Å². The first-order valence-corrected chi connectivity index (χ1v) is 7.62.